The quantitative estimate of drug-likeness (QED) is 0.574. The molecule has 0 N–H and O–H groups in total. The lowest BCUT2D eigenvalue weighted by Gasteiger charge is -2.24. The third-order valence-electron chi connectivity index (χ3n) is 1.12. The smallest absolute Gasteiger partial charge is 0.293 e. The molecule has 5 heteroatoms. The van der Waals surface area contributed by atoms with Crippen molar-refractivity contribution in [2.24, 2.45) is 0 Å². The van der Waals surface area contributed by atoms with Crippen molar-refractivity contribution in [2.45, 2.75) is 12.2 Å². The molecule has 0 saturated carbocycles. The summed E-state index contributed by atoms with van der Waals surface area (Å²) in [5.74, 6) is -1.39. The molecule has 1 nitrogen and oxygen atoms in total. The van der Waals surface area contributed by atoms with E-state index in [1.54, 1.807) is 0 Å². The van der Waals surface area contributed by atoms with Gasteiger partial charge in [0.15, 0.2) is 6.04 Å². The third-order valence-corrected chi connectivity index (χ3v) is 1.12. The van der Waals surface area contributed by atoms with Crippen LogP contribution >= 0.6 is 0 Å². The zero-order chi connectivity index (χ0) is 9.23. The van der Waals surface area contributed by atoms with Crippen LogP contribution in [-0.2, 0) is 0 Å². The molecule has 0 spiro atoms. The van der Waals surface area contributed by atoms with Gasteiger partial charge in [-0.15, -0.1) is 0 Å². The first kappa shape index (κ1) is 10.4. The highest BCUT2D eigenvalue weighted by molar-refractivity contribution is 4.99. The summed E-state index contributed by atoms with van der Waals surface area (Å²) in [7, 11) is 2.28. The summed E-state index contributed by atoms with van der Waals surface area (Å²) in [5, 5.41) is 0. The molecule has 0 heterocycles. The van der Waals surface area contributed by atoms with Crippen molar-refractivity contribution in [3.05, 3.63) is 12.4 Å². The largest absolute Gasteiger partial charge is 0.410 e. The van der Waals surface area contributed by atoms with Gasteiger partial charge < -0.3 is 0 Å². The maximum Gasteiger partial charge on any atom is 0.410 e. The Kier molecular flexibility index (Phi) is 3.04. The van der Waals surface area contributed by atoms with Crippen LogP contribution in [0.15, 0.2) is 12.4 Å². The summed E-state index contributed by atoms with van der Waals surface area (Å²) in [5.41, 5.74) is 0. The van der Waals surface area contributed by atoms with Crippen LogP contribution in [0.25, 0.3) is 0 Å². The standard InChI is InChI=1S/C6H9F4N/c1-4(7)5(11(2)3)6(8,9)10/h5H,1H2,2-3H3. The number of likely N-dealkylation sites (N-methyl/N-ethyl adjacent to an activating group) is 1. The predicted molar refractivity (Wildman–Crippen MR) is 33.8 cm³/mol. The summed E-state index contributed by atoms with van der Waals surface area (Å²) in [6.07, 6.45) is -4.59. The first-order valence-electron chi connectivity index (χ1n) is 2.84. The third kappa shape index (κ3) is 2.88. The Labute approximate surface area is 62.3 Å². The molecule has 0 aliphatic carbocycles. The maximum absolute atomic E-state index is 12.2. The second-order valence-electron chi connectivity index (χ2n) is 2.35. The van der Waals surface area contributed by atoms with E-state index in [2.05, 4.69) is 6.58 Å². The van der Waals surface area contributed by atoms with Gasteiger partial charge in [0.1, 0.15) is 5.83 Å². The van der Waals surface area contributed by atoms with E-state index in [1.807, 2.05) is 0 Å². The van der Waals surface area contributed by atoms with E-state index in [0.717, 1.165) is 19.0 Å². The van der Waals surface area contributed by atoms with Crippen LogP contribution in [0.5, 0.6) is 0 Å². The number of hydrogen-bond donors (Lipinski definition) is 0. The molecule has 66 valence electrons. The Bertz CT molecular complexity index is 149. The first-order chi connectivity index (χ1) is 4.76. The van der Waals surface area contributed by atoms with Gasteiger partial charge in [-0.25, -0.2) is 4.39 Å². The Morgan fingerprint density at radius 3 is 1.73 bits per heavy atom. The molecule has 0 aromatic carbocycles. The van der Waals surface area contributed by atoms with Crippen LogP contribution in [0.2, 0.25) is 0 Å². The van der Waals surface area contributed by atoms with Gasteiger partial charge in [-0.2, -0.15) is 13.2 Å². The van der Waals surface area contributed by atoms with Gasteiger partial charge in [0.25, 0.3) is 0 Å². The lowest BCUT2D eigenvalue weighted by atomic mass is 10.2. The van der Waals surface area contributed by atoms with E-state index in [0.29, 0.717) is 0 Å². The number of nitrogens with zero attached hydrogens (tertiary/aromatic N) is 1. The number of rotatable bonds is 2. The van der Waals surface area contributed by atoms with E-state index in [1.165, 1.54) is 0 Å². The summed E-state index contributed by atoms with van der Waals surface area (Å²) < 4.78 is 47.8. The maximum atomic E-state index is 12.2. The van der Waals surface area contributed by atoms with Crippen LogP contribution in [0.1, 0.15) is 0 Å². The van der Waals surface area contributed by atoms with Crippen molar-refractivity contribution in [1.29, 1.82) is 0 Å². The van der Waals surface area contributed by atoms with Gasteiger partial charge in [0.05, 0.1) is 0 Å². The lowest BCUT2D eigenvalue weighted by molar-refractivity contribution is -0.170. The highest BCUT2D eigenvalue weighted by Crippen LogP contribution is 2.28. The Balaban J connectivity index is 4.49. The Morgan fingerprint density at radius 2 is 1.73 bits per heavy atom. The number of alkyl halides is 3. The second kappa shape index (κ2) is 3.21. The average molecular weight is 171 g/mol. The molecular formula is C6H9F4N. The van der Waals surface area contributed by atoms with Gasteiger partial charge >= 0.3 is 6.18 Å². The van der Waals surface area contributed by atoms with Crippen LogP contribution in [0, 0.1) is 0 Å². The van der Waals surface area contributed by atoms with E-state index >= 15 is 0 Å². The van der Waals surface area contributed by atoms with Gasteiger partial charge in [-0.1, -0.05) is 6.58 Å². The molecule has 0 bridgehead atoms. The molecule has 0 rings (SSSR count). The highest BCUT2D eigenvalue weighted by Gasteiger charge is 2.43. The van der Waals surface area contributed by atoms with Crippen molar-refractivity contribution in [1.82, 2.24) is 4.90 Å². The van der Waals surface area contributed by atoms with Crippen molar-refractivity contribution in [3.63, 3.8) is 0 Å². The summed E-state index contributed by atoms with van der Waals surface area (Å²) in [6, 6.07) is -2.19. The molecule has 1 atom stereocenters. The van der Waals surface area contributed by atoms with E-state index in [9.17, 15) is 17.6 Å². The Morgan fingerprint density at radius 1 is 1.36 bits per heavy atom. The molecule has 0 aromatic rings. The SMILES string of the molecule is C=C(F)C(N(C)C)C(F)(F)F. The summed E-state index contributed by atoms with van der Waals surface area (Å²) >= 11 is 0. The van der Waals surface area contributed by atoms with Crippen molar-refractivity contribution < 1.29 is 17.6 Å². The highest BCUT2D eigenvalue weighted by atomic mass is 19.4. The minimum Gasteiger partial charge on any atom is -0.293 e. The predicted octanol–water partition coefficient (Wildman–Crippen LogP) is 1.96. The molecular weight excluding hydrogens is 162 g/mol. The monoisotopic (exact) mass is 171 g/mol. The van der Waals surface area contributed by atoms with Crippen LogP contribution < -0.4 is 0 Å². The number of hydrogen-bond acceptors (Lipinski definition) is 1. The Hall–Kier alpha value is -0.580. The van der Waals surface area contributed by atoms with Crippen molar-refractivity contribution in [2.75, 3.05) is 14.1 Å². The average Bonchev–Trinajstić information content (AvgIpc) is 1.54. The molecule has 1 unspecified atom stereocenters. The van der Waals surface area contributed by atoms with Crippen molar-refractivity contribution in [3.8, 4) is 0 Å². The zero-order valence-corrected chi connectivity index (χ0v) is 6.24. The zero-order valence-electron chi connectivity index (χ0n) is 6.24. The molecule has 0 amide bonds. The van der Waals surface area contributed by atoms with Crippen LogP contribution in [0.4, 0.5) is 17.6 Å². The van der Waals surface area contributed by atoms with Crippen molar-refractivity contribution >= 4 is 0 Å². The topological polar surface area (TPSA) is 3.24 Å². The van der Waals surface area contributed by atoms with E-state index in [-0.39, 0.29) is 0 Å². The number of halogens is 4. The second-order valence-corrected chi connectivity index (χ2v) is 2.35. The molecule has 0 saturated heterocycles. The molecule has 0 aliphatic heterocycles. The van der Waals surface area contributed by atoms with Gasteiger partial charge in [-0.05, 0) is 14.1 Å². The van der Waals surface area contributed by atoms with Crippen LogP contribution in [0.3, 0.4) is 0 Å². The fourth-order valence-electron chi connectivity index (χ4n) is 0.751. The molecule has 11 heavy (non-hydrogen) atoms. The summed E-state index contributed by atoms with van der Waals surface area (Å²) in [6.45, 7) is 2.61. The first-order valence-corrected chi connectivity index (χ1v) is 2.84. The van der Waals surface area contributed by atoms with Gasteiger partial charge in [0.2, 0.25) is 0 Å². The van der Waals surface area contributed by atoms with E-state index < -0.39 is 18.0 Å². The fourth-order valence-corrected chi connectivity index (χ4v) is 0.751. The fraction of sp³-hybridized carbons (Fsp3) is 0.667. The van der Waals surface area contributed by atoms with Gasteiger partial charge in [-0.3, -0.25) is 4.90 Å². The van der Waals surface area contributed by atoms with E-state index in [4.69, 9.17) is 0 Å². The van der Waals surface area contributed by atoms with Gasteiger partial charge in [0, 0.05) is 0 Å². The minimum absolute atomic E-state index is 0.725. The normalized spacial score (nSPS) is 15.2. The molecule has 0 radical (unpaired) electrons. The van der Waals surface area contributed by atoms with Crippen LogP contribution in [-0.4, -0.2) is 31.2 Å². The molecule has 0 fully saturated rings. The minimum atomic E-state index is -4.59. The molecule has 0 aliphatic rings. The molecule has 0 aromatic heterocycles. The summed E-state index contributed by atoms with van der Waals surface area (Å²) in [4.78, 5) is 0.725. The lowest BCUT2D eigenvalue weighted by Crippen LogP contribution is -2.41.